The normalized spacial score (nSPS) is 31.3. The van der Waals surface area contributed by atoms with Gasteiger partial charge in [-0.05, 0) is 75.7 Å². The zero-order valence-corrected chi connectivity index (χ0v) is 16.4. The van der Waals surface area contributed by atoms with E-state index in [-0.39, 0.29) is 11.3 Å². The molecular weight excluding hydrogens is 334 g/mol. The van der Waals surface area contributed by atoms with Crippen molar-refractivity contribution in [2.45, 2.75) is 58.9 Å². The Hall–Kier alpha value is -2.10. The molecule has 0 aliphatic heterocycles. The van der Waals surface area contributed by atoms with Crippen LogP contribution in [-0.2, 0) is 11.3 Å². The molecule has 0 atom stereocenters. The third-order valence-electron chi connectivity index (χ3n) is 7.32. The van der Waals surface area contributed by atoms with Crippen molar-refractivity contribution in [3.63, 3.8) is 0 Å². The summed E-state index contributed by atoms with van der Waals surface area (Å²) in [5.74, 6) is 2.60. The number of carbonyl (C=O) groups excluding carboxylic acids is 1. The third-order valence-corrected chi connectivity index (χ3v) is 7.32. The Morgan fingerprint density at radius 1 is 1.07 bits per heavy atom. The average Bonchev–Trinajstić information content (AvgIpc) is 2.89. The van der Waals surface area contributed by atoms with Crippen LogP contribution >= 0.6 is 0 Å². The van der Waals surface area contributed by atoms with E-state index in [1.165, 1.54) is 24.8 Å². The second kappa shape index (κ2) is 6.22. The van der Waals surface area contributed by atoms with Crippen LogP contribution in [0.3, 0.4) is 0 Å². The predicted octanol–water partition coefficient (Wildman–Crippen LogP) is 4.70. The minimum Gasteiger partial charge on any atom is -0.322 e. The van der Waals surface area contributed by atoms with Crippen LogP contribution in [0.4, 0.5) is 5.69 Å². The van der Waals surface area contributed by atoms with Gasteiger partial charge in [-0.15, -0.1) is 0 Å². The summed E-state index contributed by atoms with van der Waals surface area (Å²) in [4.78, 5) is 13.4. The first kappa shape index (κ1) is 17.0. The number of nitrogens with zero attached hydrogens (tertiary/aromatic N) is 2. The minimum atomic E-state index is -0.116. The number of amides is 1. The highest BCUT2D eigenvalue weighted by molar-refractivity contribution is 5.96. The Morgan fingerprint density at radius 3 is 2.26 bits per heavy atom. The number of rotatable bonds is 4. The van der Waals surface area contributed by atoms with Crippen molar-refractivity contribution in [2.75, 3.05) is 5.32 Å². The summed E-state index contributed by atoms with van der Waals surface area (Å²) in [6, 6.07) is 10.4. The van der Waals surface area contributed by atoms with E-state index in [0.29, 0.717) is 0 Å². The molecule has 2 aromatic rings. The second-order valence-electron chi connectivity index (χ2n) is 9.34. The standard InChI is InChI=1S/C23H29N3O/c1-15-21(16(2)26(25-15)14-17-6-4-3-5-7-17)24-22(27)23-11-18-8-19(12-23)10-20(9-18)13-23/h3-7,18-20H,8-14H2,1-2H3,(H,24,27). The molecular formula is C23H29N3O. The number of aryl methyl sites for hydroxylation is 1. The summed E-state index contributed by atoms with van der Waals surface area (Å²) in [5.41, 5.74) is 4.00. The highest BCUT2D eigenvalue weighted by Gasteiger charge is 2.54. The summed E-state index contributed by atoms with van der Waals surface area (Å²) < 4.78 is 2.01. The lowest BCUT2D eigenvalue weighted by Crippen LogP contribution is -2.51. The molecule has 142 valence electrons. The monoisotopic (exact) mass is 363 g/mol. The lowest BCUT2D eigenvalue weighted by molar-refractivity contribution is -0.140. The van der Waals surface area contributed by atoms with E-state index in [4.69, 9.17) is 5.10 Å². The second-order valence-corrected chi connectivity index (χ2v) is 9.34. The van der Waals surface area contributed by atoms with Gasteiger partial charge in [-0.1, -0.05) is 30.3 Å². The molecule has 4 bridgehead atoms. The molecule has 0 spiro atoms. The molecule has 1 N–H and O–H groups in total. The topological polar surface area (TPSA) is 46.9 Å². The SMILES string of the molecule is Cc1nn(Cc2ccccc2)c(C)c1NC(=O)C12CC3CC(CC(C3)C1)C2. The Bertz CT molecular complexity index is 832. The molecule has 1 heterocycles. The largest absolute Gasteiger partial charge is 0.322 e. The molecule has 0 unspecified atom stereocenters. The fourth-order valence-corrected chi connectivity index (χ4v) is 6.42. The summed E-state index contributed by atoms with van der Waals surface area (Å²) >= 11 is 0. The maximum absolute atomic E-state index is 13.4. The minimum absolute atomic E-state index is 0.116. The van der Waals surface area contributed by atoms with Crippen LogP contribution in [0.25, 0.3) is 0 Å². The molecule has 1 aromatic heterocycles. The Morgan fingerprint density at radius 2 is 1.67 bits per heavy atom. The summed E-state index contributed by atoms with van der Waals surface area (Å²) in [5, 5.41) is 8.03. The van der Waals surface area contributed by atoms with Gasteiger partial charge in [-0.2, -0.15) is 5.10 Å². The number of anilines is 1. The van der Waals surface area contributed by atoms with Gasteiger partial charge in [-0.3, -0.25) is 9.48 Å². The van der Waals surface area contributed by atoms with Crippen molar-refractivity contribution in [3.05, 3.63) is 47.3 Å². The van der Waals surface area contributed by atoms with Gasteiger partial charge < -0.3 is 5.32 Å². The van der Waals surface area contributed by atoms with Crippen LogP contribution in [0, 0.1) is 37.0 Å². The molecule has 27 heavy (non-hydrogen) atoms. The zero-order chi connectivity index (χ0) is 18.6. The first-order chi connectivity index (χ1) is 13.0. The molecule has 4 nitrogen and oxygen atoms in total. The van der Waals surface area contributed by atoms with Crippen molar-refractivity contribution in [1.82, 2.24) is 9.78 Å². The Labute approximate surface area is 161 Å². The lowest BCUT2D eigenvalue weighted by atomic mass is 9.49. The summed E-state index contributed by atoms with van der Waals surface area (Å²) in [6.45, 7) is 4.81. The van der Waals surface area contributed by atoms with Crippen LogP contribution in [-0.4, -0.2) is 15.7 Å². The van der Waals surface area contributed by atoms with Crippen molar-refractivity contribution in [1.29, 1.82) is 0 Å². The Balaban J connectivity index is 1.37. The van der Waals surface area contributed by atoms with Crippen LogP contribution in [0.5, 0.6) is 0 Å². The van der Waals surface area contributed by atoms with Gasteiger partial charge in [0.25, 0.3) is 0 Å². The first-order valence-electron chi connectivity index (χ1n) is 10.4. The molecule has 1 amide bonds. The molecule has 0 radical (unpaired) electrons. The number of benzene rings is 1. The van der Waals surface area contributed by atoms with E-state index < -0.39 is 0 Å². The van der Waals surface area contributed by atoms with Gasteiger partial charge >= 0.3 is 0 Å². The maximum Gasteiger partial charge on any atom is 0.230 e. The predicted molar refractivity (Wildman–Crippen MR) is 106 cm³/mol. The number of nitrogens with one attached hydrogen (secondary N) is 1. The van der Waals surface area contributed by atoms with Crippen molar-refractivity contribution in [3.8, 4) is 0 Å². The van der Waals surface area contributed by atoms with Crippen LogP contribution < -0.4 is 5.32 Å². The maximum atomic E-state index is 13.4. The number of hydrogen-bond donors (Lipinski definition) is 1. The van der Waals surface area contributed by atoms with E-state index in [2.05, 4.69) is 36.5 Å². The smallest absolute Gasteiger partial charge is 0.230 e. The number of carbonyl (C=O) groups is 1. The number of hydrogen-bond acceptors (Lipinski definition) is 2. The van der Waals surface area contributed by atoms with Crippen LogP contribution in [0.2, 0.25) is 0 Å². The van der Waals surface area contributed by atoms with E-state index in [1.807, 2.05) is 17.7 Å². The zero-order valence-electron chi connectivity index (χ0n) is 16.4. The average molecular weight is 364 g/mol. The van der Waals surface area contributed by atoms with Gasteiger partial charge in [0.15, 0.2) is 0 Å². The van der Waals surface area contributed by atoms with Gasteiger partial charge in [0.1, 0.15) is 0 Å². The highest BCUT2D eigenvalue weighted by atomic mass is 16.2. The van der Waals surface area contributed by atoms with Crippen LogP contribution in [0.15, 0.2) is 30.3 Å². The molecule has 4 saturated carbocycles. The molecule has 4 aliphatic carbocycles. The first-order valence-corrected chi connectivity index (χ1v) is 10.4. The third kappa shape index (κ3) is 2.90. The molecule has 4 fully saturated rings. The number of aromatic nitrogens is 2. The van der Waals surface area contributed by atoms with Gasteiger partial charge in [0.05, 0.1) is 29.0 Å². The van der Waals surface area contributed by atoms with E-state index in [0.717, 1.165) is 60.6 Å². The molecule has 1 aromatic carbocycles. The van der Waals surface area contributed by atoms with E-state index >= 15 is 0 Å². The molecule has 4 heteroatoms. The summed E-state index contributed by atoms with van der Waals surface area (Å²) in [6.07, 6.45) is 7.38. The highest BCUT2D eigenvalue weighted by Crippen LogP contribution is 2.60. The molecule has 0 saturated heterocycles. The van der Waals surface area contributed by atoms with Gasteiger partial charge in [0, 0.05) is 0 Å². The Kier molecular flexibility index (Phi) is 3.92. The van der Waals surface area contributed by atoms with Gasteiger partial charge in [0.2, 0.25) is 5.91 Å². The molecule has 4 aliphatic rings. The molecule has 6 rings (SSSR count). The van der Waals surface area contributed by atoms with Crippen molar-refractivity contribution < 1.29 is 4.79 Å². The fraction of sp³-hybridized carbons (Fsp3) is 0.565. The van der Waals surface area contributed by atoms with Gasteiger partial charge in [-0.25, -0.2) is 0 Å². The van der Waals surface area contributed by atoms with Crippen molar-refractivity contribution in [2.24, 2.45) is 23.2 Å². The summed E-state index contributed by atoms with van der Waals surface area (Å²) in [7, 11) is 0. The van der Waals surface area contributed by atoms with Crippen molar-refractivity contribution >= 4 is 11.6 Å². The fourth-order valence-electron chi connectivity index (χ4n) is 6.42. The lowest BCUT2D eigenvalue weighted by Gasteiger charge is -2.55. The van der Waals surface area contributed by atoms with E-state index in [9.17, 15) is 4.79 Å². The quantitative estimate of drug-likeness (QED) is 0.855. The van der Waals surface area contributed by atoms with Crippen LogP contribution in [0.1, 0.15) is 55.5 Å². The van der Waals surface area contributed by atoms with E-state index in [1.54, 1.807) is 0 Å².